The highest BCUT2D eigenvalue weighted by Gasteiger charge is 2.21. The van der Waals surface area contributed by atoms with E-state index in [4.69, 9.17) is 10.2 Å². The van der Waals surface area contributed by atoms with Gasteiger partial charge in [0, 0.05) is 0 Å². The fourth-order valence-corrected chi connectivity index (χ4v) is 2.54. The van der Waals surface area contributed by atoms with E-state index in [9.17, 15) is 0 Å². The lowest BCUT2D eigenvalue weighted by Crippen LogP contribution is -1.93. The molecule has 2 N–H and O–H groups in total. The number of hydrogen-bond acceptors (Lipinski definition) is 4. The van der Waals surface area contributed by atoms with Gasteiger partial charge in [-0.15, -0.1) is 11.8 Å². The maximum atomic E-state index is 5.46. The van der Waals surface area contributed by atoms with Crippen LogP contribution < -0.4 is 5.73 Å². The van der Waals surface area contributed by atoms with Gasteiger partial charge in [0.15, 0.2) is 0 Å². The summed E-state index contributed by atoms with van der Waals surface area (Å²) in [6.45, 7) is 0.449. The van der Waals surface area contributed by atoms with Crippen molar-refractivity contribution in [2.24, 2.45) is 5.73 Å². The number of rotatable bonds is 2. The van der Waals surface area contributed by atoms with Crippen molar-refractivity contribution < 1.29 is 4.42 Å². The molecule has 0 aromatic carbocycles. The van der Waals surface area contributed by atoms with E-state index in [1.54, 1.807) is 6.20 Å². The number of hydrogen-bond donors (Lipinski definition) is 1. The van der Waals surface area contributed by atoms with Crippen LogP contribution in [0.2, 0.25) is 0 Å². The van der Waals surface area contributed by atoms with E-state index in [-0.39, 0.29) is 0 Å². The van der Waals surface area contributed by atoms with Gasteiger partial charge < -0.3 is 10.2 Å². The van der Waals surface area contributed by atoms with E-state index >= 15 is 0 Å². The third-order valence-electron chi connectivity index (χ3n) is 1.98. The SMILES string of the molecule is NCc1cnc(C2CCCS2)o1. The maximum Gasteiger partial charge on any atom is 0.207 e. The average Bonchev–Trinajstić information content (AvgIpc) is 2.75. The highest BCUT2D eigenvalue weighted by atomic mass is 32.2. The van der Waals surface area contributed by atoms with Crippen molar-refractivity contribution in [1.82, 2.24) is 4.98 Å². The van der Waals surface area contributed by atoms with Crippen molar-refractivity contribution in [3.8, 4) is 0 Å². The van der Waals surface area contributed by atoms with Gasteiger partial charge in [-0.25, -0.2) is 4.98 Å². The summed E-state index contributed by atoms with van der Waals surface area (Å²) in [5.74, 6) is 2.88. The van der Waals surface area contributed by atoms with Gasteiger partial charge in [0.05, 0.1) is 18.0 Å². The van der Waals surface area contributed by atoms with Gasteiger partial charge in [0.1, 0.15) is 5.76 Å². The second-order valence-electron chi connectivity index (χ2n) is 2.87. The smallest absolute Gasteiger partial charge is 0.207 e. The Labute approximate surface area is 75.7 Å². The minimum atomic E-state index is 0.449. The Morgan fingerprint density at radius 2 is 2.67 bits per heavy atom. The summed E-state index contributed by atoms with van der Waals surface area (Å²) in [5.41, 5.74) is 5.42. The van der Waals surface area contributed by atoms with E-state index in [0.717, 1.165) is 11.7 Å². The minimum absolute atomic E-state index is 0.449. The van der Waals surface area contributed by atoms with Crippen LogP contribution in [-0.4, -0.2) is 10.7 Å². The molecule has 1 unspecified atom stereocenters. The Morgan fingerprint density at radius 1 is 1.75 bits per heavy atom. The van der Waals surface area contributed by atoms with E-state index in [1.807, 2.05) is 11.8 Å². The van der Waals surface area contributed by atoms with Gasteiger partial charge >= 0.3 is 0 Å². The van der Waals surface area contributed by atoms with Gasteiger partial charge in [-0.2, -0.15) is 0 Å². The van der Waals surface area contributed by atoms with E-state index in [1.165, 1.54) is 18.6 Å². The predicted octanol–water partition coefficient (Wildman–Crippen LogP) is 1.70. The van der Waals surface area contributed by atoms with Crippen LogP contribution in [0.4, 0.5) is 0 Å². The van der Waals surface area contributed by atoms with E-state index < -0.39 is 0 Å². The monoisotopic (exact) mass is 184 g/mol. The quantitative estimate of drug-likeness (QED) is 0.760. The van der Waals surface area contributed by atoms with E-state index in [0.29, 0.717) is 11.8 Å². The minimum Gasteiger partial charge on any atom is -0.443 e. The lowest BCUT2D eigenvalue weighted by atomic mass is 10.2. The number of nitrogens with zero attached hydrogens (tertiary/aromatic N) is 1. The summed E-state index contributed by atoms with van der Waals surface area (Å²) in [7, 11) is 0. The van der Waals surface area contributed by atoms with Crippen LogP contribution in [0, 0.1) is 0 Å². The Hall–Kier alpha value is -0.480. The lowest BCUT2D eigenvalue weighted by molar-refractivity contribution is 0.450. The molecule has 1 atom stereocenters. The van der Waals surface area contributed by atoms with Crippen molar-refractivity contribution in [2.75, 3.05) is 5.75 Å². The molecule has 1 saturated heterocycles. The first-order chi connectivity index (χ1) is 5.90. The zero-order valence-electron chi connectivity index (χ0n) is 6.82. The molecule has 66 valence electrons. The third-order valence-corrected chi connectivity index (χ3v) is 3.34. The lowest BCUT2D eigenvalue weighted by Gasteiger charge is -2.00. The molecular weight excluding hydrogens is 172 g/mol. The number of thioether (sulfide) groups is 1. The Balaban J connectivity index is 2.11. The van der Waals surface area contributed by atoms with Crippen LogP contribution >= 0.6 is 11.8 Å². The molecule has 12 heavy (non-hydrogen) atoms. The van der Waals surface area contributed by atoms with Crippen molar-refractivity contribution >= 4 is 11.8 Å². The molecule has 1 aliphatic rings. The predicted molar refractivity (Wildman–Crippen MR) is 48.8 cm³/mol. The topological polar surface area (TPSA) is 52.0 Å². The van der Waals surface area contributed by atoms with Gasteiger partial charge in [-0.3, -0.25) is 0 Å². The van der Waals surface area contributed by atoms with Gasteiger partial charge in [0.25, 0.3) is 0 Å². The fourth-order valence-electron chi connectivity index (χ4n) is 1.34. The van der Waals surface area contributed by atoms with Crippen molar-refractivity contribution in [2.45, 2.75) is 24.6 Å². The molecule has 0 aliphatic carbocycles. The summed E-state index contributed by atoms with van der Waals surface area (Å²) < 4.78 is 5.46. The molecule has 0 spiro atoms. The fraction of sp³-hybridized carbons (Fsp3) is 0.625. The van der Waals surface area contributed by atoms with Gasteiger partial charge in [-0.05, 0) is 18.6 Å². The molecule has 0 bridgehead atoms. The Bertz CT molecular complexity index is 255. The largest absolute Gasteiger partial charge is 0.443 e. The molecule has 1 aromatic heterocycles. The second-order valence-corrected chi connectivity index (χ2v) is 4.18. The first-order valence-electron chi connectivity index (χ1n) is 4.16. The Kier molecular flexibility index (Phi) is 2.37. The molecular formula is C8H12N2OS. The summed E-state index contributed by atoms with van der Waals surface area (Å²) in [6.07, 6.45) is 4.19. The third kappa shape index (κ3) is 1.49. The summed E-state index contributed by atoms with van der Waals surface area (Å²) in [4.78, 5) is 4.20. The van der Waals surface area contributed by atoms with Crippen LogP contribution in [0.15, 0.2) is 10.6 Å². The summed E-state index contributed by atoms with van der Waals surface area (Å²) in [6, 6.07) is 0. The number of nitrogens with two attached hydrogens (primary N) is 1. The van der Waals surface area contributed by atoms with Crippen LogP contribution in [0.5, 0.6) is 0 Å². The van der Waals surface area contributed by atoms with E-state index in [2.05, 4.69) is 4.98 Å². The van der Waals surface area contributed by atoms with Gasteiger partial charge in [0.2, 0.25) is 5.89 Å². The molecule has 0 amide bonds. The zero-order valence-corrected chi connectivity index (χ0v) is 7.64. The molecule has 0 saturated carbocycles. The molecule has 1 aliphatic heterocycles. The number of aromatic nitrogens is 1. The van der Waals surface area contributed by atoms with Gasteiger partial charge in [-0.1, -0.05) is 0 Å². The highest BCUT2D eigenvalue weighted by molar-refractivity contribution is 7.99. The molecule has 0 radical (unpaired) electrons. The highest BCUT2D eigenvalue weighted by Crippen LogP contribution is 2.39. The van der Waals surface area contributed by atoms with Crippen LogP contribution in [0.1, 0.15) is 29.7 Å². The first kappa shape index (κ1) is 8.13. The molecule has 1 fully saturated rings. The molecule has 1 aromatic rings. The summed E-state index contributed by atoms with van der Waals surface area (Å²) in [5, 5.41) is 0.477. The first-order valence-corrected chi connectivity index (χ1v) is 5.21. The average molecular weight is 184 g/mol. The van der Waals surface area contributed by atoms with Crippen molar-refractivity contribution in [1.29, 1.82) is 0 Å². The molecule has 2 heterocycles. The Morgan fingerprint density at radius 3 is 3.25 bits per heavy atom. The summed E-state index contributed by atoms with van der Waals surface area (Å²) >= 11 is 1.92. The molecule has 2 rings (SSSR count). The van der Waals surface area contributed by atoms with Crippen LogP contribution in [0.25, 0.3) is 0 Å². The van der Waals surface area contributed by atoms with Crippen LogP contribution in [-0.2, 0) is 6.54 Å². The molecule has 4 heteroatoms. The van der Waals surface area contributed by atoms with Crippen LogP contribution in [0.3, 0.4) is 0 Å². The normalized spacial score (nSPS) is 23.2. The molecule has 3 nitrogen and oxygen atoms in total. The number of oxazole rings is 1. The maximum absolute atomic E-state index is 5.46. The standard InChI is InChI=1S/C8H12N2OS/c9-4-6-5-10-8(11-6)7-2-1-3-12-7/h5,7H,1-4,9H2. The van der Waals surface area contributed by atoms with Crippen molar-refractivity contribution in [3.05, 3.63) is 17.8 Å². The second kappa shape index (κ2) is 3.49. The zero-order chi connectivity index (χ0) is 8.39. The van der Waals surface area contributed by atoms with Crippen molar-refractivity contribution in [3.63, 3.8) is 0 Å².